The number of amides is 1. The topological polar surface area (TPSA) is 58.6 Å². The molecule has 1 heterocycles. The molecular weight excluding hydrogens is 206 g/mol. The zero-order chi connectivity index (χ0) is 11.4. The van der Waals surface area contributed by atoms with Crippen LogP contribution in [0.15, 0.2) is 24.3 Å². The van der Waals surface area contributed by atoms with Crippen LogP contribution in [0.25, 0.3) is 0 Å². The van der Waals surface area contributed by atoms with Crippen LogP contribution in [0.1, 0.15) is 18.4 Å². The fraction of sp³-hybridized carbons (Fsp3) is 0.417. The first kappa shape index (κ1) is 11.1. The molecule has 4 heteroatoms. The van der Waals surface area contributed by atoms with Gasteiger partial charge in [-0.1, -0.05) is 18.2 Å². The monoisotopic (exact) mass is 221 g/mol. The van der Waals surface area contributed by atoms with Gasteiger partial charge in [0.05, 0.1) is 6.61 Å². The van der Waals surface area contributed by atoms with Crippen LogP contribution < -0.4 is 5.32 Å². The standard InChI is InChI=1S/C12H15NO3/c14-8-9-4-1-2-5-10(9)13-12(15)11-6-3-7-16-11/h1-2,4-5,11,14H,3,6-8H2,(H,13,15). The van der Waals surface area contributed by atoms with Crippen LogP contribution in [-0.2, 0) is 16.1 Å². The van der Waals surface area contributed by atoms with E-state index in [1.54, 1.807) is 12.1 Å². The first-order valence-corrected chi connectivity index (χ1v) is 5.42. The van der Waals surface area contributed by atoms with Crippen molar-refractivity contribution in [3.63, 3.8) is 0 Å². The summed E-state index contributed by atoms with van der Waals surface area (Å²) >= 11 is 0. The van der Waals surface area contributed by atoms with Gasteiger partial charge in [0.1, 0.15) is 6.10 Å². The Morgan fingerprint density at radius 1 is 1.50 bits per heavy atom. The van der Waals surface area contributed by atoms with Crippen LogP contribution in [0, 0.1) is 0 Å². The predicted octanol–water partition coefficient (Wildman–Crippen LogP) is 1.30. The number of aliphatic hydroxyl groups excluding tert-OH is 1. The Bertz CT molecular complexity index is 372. The molecular formula is C12H15NO3. The molecule has 4 nitrogen and oxygen atoms in total. The highest BCUT2D eigenvalue weighted by Crippen LogP contribution is 2.18. The van der Waals surface area contributed by atoms with Crippen LogP contribution in [-0.4, -0.2) is 23.7 Å². The summed E-state index contributed by atoms with van der Waals surface area (Å²) in [5, 5.41) is 11.9. The molecule has 1 aliphatic heterocycles. The van der Waals surface area contributed by atoms with Gasteiger partial charge < -0.3 is 15.2 Å². The van der Waals surface area contributed by atoms with E-state index in [-0.39, 0.29) is 18.6 Å². The number of rotatable bonds is 3. The van der Waals surface area contributed by atoms with E-state index >= 15 is 0 Å². The summed E-state index contributed by atoms with van der Waals surface area (Å²) in [5.74, 6) is -0.126. The number of hydrogen-bond donors (Lipinski definition) is 2. The van der Waals surface area contributed by atoms with Gasteiger partial charge in [0.25, 0.3) is 5.91 Å². The fourth-order valence-electron chi connectivity index (χ4n) is 1.78. The highest BCUT2D eigenvalue weighted by Gasteiger charge is 2.23. The lowest BCUT2D eigenvalue weighted by Crippen LogP contribution is -2.27. The predicted molar refractivity (Wildman–Crippen MR) is 60.0 cm³/mol. The Labute approximate surface area is 94.2 Å². The smallest absolute Gasteiger partial charge is 0.253 e. The Morgan fingerprint density at radius 3 is 3.00 bits per heavy atom. The number of carbonyl (C=O) groups excluding carboxylic acids is 1. The first-order chi connectivity index (χ1) is 7.81. The molecule has 16 heavy (non-hydrogen) atoms. The highest BCUT2D eigenvalue weighted by molar-refractivity contribution is 5.94. The van der Waals surface area contributed by atoms with Crippen molar-refractivity contribution >= 4 is 11.6 Å². The molecule has 0 spiro atoms. The summed E-state index contributed by atoms with van der Waals surface area (Å²) in [6.07, 6.45) is 1.36. The summed E-state index contributed by atoms with van der Waals surface area (Å²) in [5.41, 5.74) is 1.37. The van der Waals surface area contributed by atoms with Gasteiger partial charge >= 0.3 is 0 Å². The number of carbonyl (C=O) groups is 1. The van der Waals surface area contributed by atoms with Crippen molar-refractivity contribution in [1.29, 1.82) is 0 Å². The molecule has 86 valence electrons. The third kappa shape index (κ3) is 2.40. The molecule has 0 aromatic heterocycles. The van der Waals surface area contributed by atoms with Crippen molar-refractivity contribution in [2.45, 2.75) is 25.6 Å². The van der Waals surface area contributed by atoms with E-state index in [4.69, 9.17) is 9.84 Å². The molecule has 0 aliphatic carbocycles. The number of hydrogen-bond acceptors (Lipinski definition) is 3. The van der Waals surface area contributed by atoms with Crippen molar-refractivity contribution in [3.05, 3.63) is 29.8 Å². The van der Waals surface area contributed by atoms with E-state index in [9.17, 15) is 4.79 Å². The SMILES string of the molecule is O=C(Nc1ccccc1CO)C1CCCO1. The van der Waals surface area contributed by atoms with Crippen molar-refractivity contribution in [3.8, 4) is 0 Å². The second kappa shape index (κ2) is 5.09. The highest BCUT2D eigenvalue weighted by atomic mass is 16.5. The van der Waals surface area contributed by atoms with E-state index in [1.807, 2.05) is 12.1 Å². The van der Waals surface area contributed by atoms with Crippen molar-refractivity contribution in [2.24, 2.45) is 0 Å². The molecule has 0 saturated carbocycles. The molecule has 2 rings (SSSR count). The minimum absolute atomic E-state index is 0.0814. The van der Waals surface area contributed by atoms with Gasteiger partial charge in [0.2, 0.25) is 0 Å². The molecule has 1 aliphatic rings. The molecule has 0 radical (unpaired) electrons. The third-order valence-electron chi connectivity index (χ3n) is 2.67. The fourth-order valence-corrected chi connectivity index (χ4v) is 1.78. The summed E-state index contributed by atoms with van der Waals surface area (Å²) in [6, 6.07) is 7.21. The largest absolute Gasteiger partial charge is 0.392 e. The Hall–Kier alpha value is -1.39. The van der Waals surface area contributed by atoms with Gasteiger partial charge in [-0.25, -0.2) is 0 Å². The molecule has 1 aromatic carbocycles. The van der Waals surface area contributed by atoms with Gasteiger partial charge in [0.15, 0.2) is 0 Å². The van der Waals surface area contributed by atoms with Crippen molar-refractivity contribution in [1.82, 2.24) is 0 Å². The van der Waals surface area contributed by atoms with Crippen molar-refractivity contribution < 1.29 is 14.6 Å². The molecule has 1 fully saturated rings. The second-order valence-corrected chi connectivity index (χ2v) is 3.81. The molecule has 0 bridgehead atoms. The first-order valence-electron chi connectivity index (χ1n) is 5.42. The summed E-state index contributed by atoms with van der Waals surface area (Å²) in [4.78, 5) is 11.8. The normalized spacial score (nSPS) is 19.7. The Kier molecular flexibility index (Phi) is 3.54. The van der Waals surface area contributed by atoms with Crippen LogP contribution in [0.2, 0.25) is 0 Å². The summed E-state index contributed by atoms with van der Waals surface area (Å²) < 4.78 is 5.29. The number of para-hydroxylation sites is 1. The molecule has 1 amide bonds. The summed E-state index contributed by atoms with van der Waals surface area (Å²) in [7, 11) is 0. The van der Waals surface area contributed by atoms with Crippen LogP contribution in [0.3, 0.4) is 0 Å². The lowest BCUT2D eigenvalue weighted by molar-refractivity contribution is -0.124. The lowest BCUT2D eigenvalue weighted by Gasteiger charge is -2.12. The van der Waals surface area contributed by atoms with Crippen LogP contribution in [0.5, 0.6) is 0 Å². The molecule has 1 saturated heterocycles. The number of nitrogens with one attached hydrogen (secondary N) is 1. The van der Waals surface area contributed by atoms with E-state index < -0.39 is 0 Å². The zero-order valence-electron chi connectivity index (χ0n) is 8.98. The lowest BCUT2D eigenvalue weighted by atomic mass is 10.1. The van der Waals surface area contributed by atoms with Gasteiger partial charge in [-0.3, -0.25) is 4.79 Å². The van der Waals surface area contributed by atoms with Gasteiger partial charge in [-0.2, -0.15) is 0 Å². The molecule has 1 unspecified atom stereocenters. The maximum Gasteiger partial charge on any atom is 0.253 e. The van der Waals surface area contributed by atoms with E-state index in [0.29, 0.717) is 17.9 Å². The van der Waals surface area contributed by atoms with Gasteiger partial charge in [-0.05, 0) is 18.9 Å². The average Bonchev–Trinajstić information content (AvgIpc) is 2.83. The quantitative estimate of drug-likeness (QED) is 0.808. The molecule has 1 aromatic rings. The number of benzene rings is 1. The number of anilines is 1. The second-order valence-electron chi connectivity index (χ2n) is 3.81. The van der Waals surface area contributed by atoms with Crippen LogP contribution >= 0.6 is 0 Å². The molecule has 2 N–H and O–H groups in total. The third-order valence-corrected chi connectivity index (χ3v) is 2.67. The van der Waals surface area contributed by atoms with E-state index in [0.717, 1.165) is 12.8 Å². The zero-order valence-corrected chi connectivity index (χ0v) is 8.98. The number of aliphatic hydroxyl groups is 1. The number of ether oxygens (including phenoxy) is 1. The van der Waals surface area contributed by atoms with Gasteiger partial charge in [-0.15, -0.1) is 0 Å². The Morgan fingerprint density at radius 2 is 2.31 bits per heavy atom. The maximum atomic E-state index is 11.8. The maximum absolute atomic E-state index is 11.8. The van der Waals surface area contributed by atoms with E-state index in [2.05, 4.69) is 5.32 Å². The minimum Gasteiger partial charge on any atom is -0.392 e. The Balaban J connectivity index is 2.05. The van der Waals surface area contributed by atoms with Crippen LogP contribution in [0.4, 0.5) is 5.69 Å². The summed E-state index contributed by atoms with van der Waals surface area (Å²) in [6.45, 7) is 0.571. The average molecular weight is 221 g/mol. The van der Waals surface area contributed by atoms with E-state index in [1.165, 1.54) is 0 Å². The molecule has 1 atom stereocenters. The van der Waals surface area contributed by atoms with Gasteiger partial charge in [0, 0.05) is 17.9 Å². The van der Waals surface area contributed by atoms with Crippen molar-refractivity contribution in [2.75, 3.05) is 11.9 Å². The minimum atomic E-state index is -0.341.